The summed E-state index contributed by atoms with van der Waals surface area (Å²) in [5.41, 5.74) is 2.53. The van der Waals surface area contributed by atoms with E-state index in [2.05, 4.69) is 9.62 Å². The van der Waals surface area contributed by atoms with Crippen LogP contribution in [0, 0.1) is 6.92 Å². The quantitative estimate of drug-likeness (QED) is 0.907. The molecule has 0 spiro atoms. The molecule has 25 heavy (non-hydrogen) atoms. The van der Waals surface area contributed by atoms with Crippen LogP contribution in [0.4, 0.5) is 11.4 Å². The molecule has 0 saturated carbocycles. The van der Waals surface area contributed by atoms with Crippen LogP contribution in [0.25, 0.3) is 0 Å². The molecule has 6 nitrogen and oxygen atoms in total. The number of ether oxygens (including phenoxy) is 2. The second kappa shape index (κ2) is 6.15. The first-order valence-electron chi connectivity index (χ1n) is 8.31. The summed E-state index contributed by atoms with van der Waals surface area (Å²) in [5.74, 6) is 1.01. The summed E-state index contributed by atoms with van der Waals surface area (Å²) in [4.78, 5) is 2.43. The van der Waals surface area contributed by atoms with E-state index in [1.165, 1.54) is 25.0 Å². The second-order valence-corrected chi connectivity index (χ2v) is 8.00. The fourth-order valence-electron chi connectivity index (χ4n) is 3.14. The molecule has 4 rings (SSSR count). The molecule has 0 unspecified atom stereocenters. The normalized spacial score (nSPS) is 16.3. The third-order valence-corrected chi connectivity index (χ3v) is 5.95. The molecule has 2 aliphatic heterocycles. The van der Waals surface area contributed by atoms with Gasteiger partial charge in [0.15, 0.2) is 11.5 Å². The zero-order valence-corrected chi connectivity index (χ0v) is 14.8. The van der Waals surface area contributed by atoms with Crippen molar-refractivity contribution in [2.24, 2.45) is 0 Å². The van der Waals surface area contributed by atoms with Gasteiger partial charge in [-0.25, -0.2) is 8.42 Å². The van der Waals surface area contributed by atoms with Crippen molar-refractivity contribution in [1.29, 1.82) is 0 Å². The molecule has 2 heterocycles. The van der Waals surface area contributed by atoms with Crippen LogP contribution in [-0.2, 0) is 10.0 Å². The summed E-state index contributed by atoms with van der Waals surface area (Å²) in [6.45, 7) is 4.03. The molecule has 0 aromatic heterocycles. The lowest BCUT2D eigenvalue weighted by molar-refractivity contribution is 0.174. The Hall–Kier alpha value is -2.41. The van der Waals surface area contributed by atoms with Crippen molar-refractivity contribution in [3.05, 3.63) is 42.0 Å². The Balaban J connectivity index is 1.63. The fraction of sp³-hybridized carbons (Fsp3) is 0.333. The number of benzene rings is 2. The number of fused-ring (bicyclic) bond motifs is 1. The van der Waals surface area contributed by atoms with E-state index in [-0.39, 0.29) is 11.7 Å². The van der Waals surface area contributed by atoms with Crippen molar-refractivity contribution in [2.45, 2.75) is 24.7 Å². The first-order chi connectivity index (χ1) is 12.0. The average molecular weight is 360 g/mol. The van der Waals surface area contributed by atoms with E-state index in [4.69, 9.17) is 9.47 Å². The minimum atomic E-state index is -3.70. The monoisotopic (exact) mass is 360 g/mol. The first kappa shape index (κ1) is 16.1. The predicted molar refractivity (Wildman–Crippen MR) is 96.0 cm³/mol. The number of nitrogens with one attached hydrogen (secondary N) is 1. The molecule has 0 amide bonds. The van der Waals surface area contributed by atoms with Gasteiger partial charge in [0, 0.05) is 24.8 Å². The molecule has 7 heteroatoms. The zero-order valence-electron chi connectivity index (χ0n) is 14.0. The van der Waals surface area contributed by atoms with Crippen LogP contribution in [0.3, 0.4) is 0 Å². The van der Waals surface area contributed by atoms with Gasteiger partial charge in [-0.15, -0.1) is 0 Å². The number of hydrogen-bond donors (Lipinski definition) is 1. The lowest BCUT2D eigenvalue weighted by atomic mass is 10.2. The molecular weight excluding hydrogens is 340 g/mol. The highest BCUT2D eigenvalue weighted by Crippen LogP contribution is 2.35. The van der Waals surface area contributed by atoms with Gasteiger partial charge in [0.25, 0.3) is 10.0 Å². The highest BCUT2D eigenvalue weighted by Gasteiger charge is 2.21. The maximum absolute atomic E-state index is 12.8. The van der Waals surface area contributed by atoms with Crippen LogP contribution in [0.5, 0.6) is 11.5 Å². The minimum Gasteiger partial charge on any atom is -0.454 e. The van der Waals surface area contributed by atoms with Gasteiger partial charge in [-0.3, -0.25) is 4.72 Å². The van der Waals surface area contributed by atoms with Gasteiger partial charge < -0.3 is 14.4 Å². The summed E-state index contributed by atoms with van der Waals surface area (Å²) in [7, 11) is -3.70. The van der Waals surface area contributed by atoms with Crippen molar-refractivity contribution in [2.75, 3.05) is 29.5 Å². The first-order valence-corrected chi connectivity index (χ1v) is 9.79. The number of anilines is 2. The minimum absolute atomic E-state index is 0.114. The Morgan fingerprint density at radius 2 is 1.76 bits per heavy atom. The lowest BCUT2D eigenvalue weighted by Crippen LogP contribution is -2.19. The van der Waals surface area contributed by atoms with E-state index < -0.39 is 10.0 Å². The van der Waals surface area contributed by atoms with Crippen LogP contribution in [0.15, 0.2) is 41.3 Å². The van der Waals surface area contributed by atoms with Crippen LogP contribution in [-0.4, -0.2) is 28.3 Å². The van der Waals surface area contributed by atoms with Crippen LogP contribution in [0.2, 0.25) is 0 Å². The Kier molecular flexibility index (Phi) is 3.95. The third kappa shape index (κ3) is 3.11. The Labute approximate surface area is 147 Å². The number of sulfonamides is 1. The second-order valence-electron chi connectivity index (χ2n) is 6.31. The Morgan fingerprint density at radius 1 is 1.00 bits per heavy atom. The predicted octanol–water partition coefficient (Wildman–Crippen LogP) is 3.12. The van der Waals surface area contributed by atoms with Crippen LogP contribution in [0.1, 0.15) is 18.4 Å². The summed E-state index contributed by atoms with van der Waals surface area (Å²) in [6.07, 6.45) is 2.35. The largest absolute Gasteiger partial charge is 0.454 e. The summed E-state index contributed by atoms with van der Waals surface area (Å²) in [6, 6.07) is 10.5. The van der Waals surface area contributed by atoms with Crippen LogP contribution >= 0.6 is 0 Å². The van der Waals surface area contributed by atoms with E-state index in [9.17, 15) is 8.42 Å². The number of aryl methyl sites for hydroxylation is 1. The Morgan fingerprint density at radius 3 is 2.56 bits per heavy atom. The van der Waals surface area contributed by atoms with Gasteiger partial charge in [-0.2, -0.15) is 0 Å². The topological polar surface area (TPSA) is 67.9 Å². The highest BCUT2D eigenvalue weighted by atomic mass is 32.2. The number of hydrogen-bond acceptors (Lipinski definition) is 5. The standard InChI is InChI=1S/C18H20N2O4S/c1-13-4-5-14(20-8-2-3-9-20)10-16(13)19-25(21,22)15-6-7-17-18(11-15)24-12-23-17/h4-7,10-11,19H,2-3,8-9,12H2,1H3. The van der Waals surface area contributed by atoms with Gasteiger partial charge in [-0.05, 0) is 49.6 Å². The van der Waals surface area contributed by atoms with Gasteiger partial charge >= 0.3 is 0 Å². The van der Waals surface area contributed by atoms with E-state index in [1.807, 2.05) is 25.1 Å². The summed E-state index contributed by atoms with van der Waals surface area (Å²) >= 11 is 0. The smallest absolute Gasteiger partial charge is 0.262 e. The van der Waals surface area contributed by atoms with Gasteiger partial charge in [0.2, 0.25) is 6.79 Å². The Bertz CT molecular complexity index is 905. The molecule has 2 aliphatic rings. The van der Waals surface area contributed by atoms with E-state index in [0.717, 1.165) is 24.3 Å². The van der Waals surface area contributed by atoms with Gasteiger partial charge in [-0.1, -0.05) is 6.07 Å². The van der Waals surface area contributed by atoms with Crippen molar-refractivity contribution < 1.29 is 17.9 Å². The van der Waals surface area contributed by atoms with Crippen LogP contribution < -0.4 is 19.1 Å². The van der Waals surface area contributed by atoms with Gasteiger partial charge in [0.05, 0.1) is 10.6 Å². The lowest BCUT2D eigenvalue weighted by Gasteiger charge is -2.20. The van der Waals surface area contributed by atoms with Gasteiger partial charge in [0.1, 0.15) is 0 Å². The maximum Gasteiger partial charge on any atom is 0.262 e. The van der Waals surface area contributed by atoms with E-state index >= 15 is 0 Å². The SMILES string of the molecule is Cc1ccc(N2CCCC2)cc1NS(=O)(=O)c1ccc2c(c1)OCO2. The molecule has 2 aromatic rings. The molecule has 1 fully saturated rings. The maximum atomic E-state index is 12.8. The molecule has 2 aromatic carbocycles. The molecule has 0 bridgehead atoms. The molecule has 132 valence electrons. The number of nitrogens with zero attached hydrogens (tertiary/aromatic N) is 1. The third-order valence-electron chi connectivity index (χ3n) is 4.59. The van der Waals surface area contributed by atoms with Crippen molar-refractivity contribution in [3.8, 4) is 11.5 Å². The van der Waals surface area contributed by atoms with Crippen molar-refractivity contribution in [1.82, 2.24) is 0 Å². The summed E-state index contributed by atoms with van der Waals surface area (Å²) < 4.78 is 38.7. The molecular formula is C18H20N2O4S. The molecule has 0 radical (unpaired) electrons. The zero-order chi connectivity index (χ0) is 17.4. The van der Waals surface area contributed by atoms with Crippen molar-refractivity contribution in [3.63, 3.8) is 0 Å². The number of rotatable bonds is 4. The highest BCUT2D eigenvalue weighted by molar-refractivity contribution is 7.92. The molecule has 0 aliphatic carbocycles. The van der Waals surface area contributed by atoms with E-state index in [0.29, 0.717) is 17.2 Å². The van der Waals surface area contributed by atoms with Crippen molar-refractivity contribution >= 4 is 21.4 Å². The molecule has 1 N–H and O–H groups in total. The van der Waals surface area contributed by atoms with E-state index in [1.54, 1.807) is 6.07 Å². The fourth-order valence-corrected chi connectivity index (χ4v) is 4.28. The average Bonchev–Trinajstić information content (AvgIpc) is 3.27. The molecule has 1 saturated heterocycles. The summed E-state index contributed by atoms with van der Waals surface area (Å²) in [5, 5.41) is 0. The molecule has 0 atom stereocenters.